The lowest BCUT2D eigenvalue weighted by Gasteiger charge is -2.18. The van der Waals surface area contributed by atoms with E-state index in [1.165, 1.54) is 25.3 Å². The predicted molar refractivity (Wildman–Crippen MR) is 73.9 cm³/mol. The molecule has 5 heteroatoms. The number of halogens is 2. The summed E-state index contributed by atoms with van der Waals surface area (Å²) in [6.07, 6.45) is -0.432. The van der Waals surface area contributed by atoms with Crippen LogP contribution in [0, 0.1) is 11.9 Å². The van der Waals surface area contributed by atoms with Gasteiger partial charge in [0.05, 0.1) is 7.11 Å². The predicted octanol–water partition coefficient (Wildman–Crippen LogP) is 4.13. The minimum Gasteiger partial charge on any atom is -0.508 e. The average molecular weight is 296 g/mol. The average Bonchev–Trinajstić information content (AvgIpc) is 2.41. The van der Waals surface area contributed by atoms with Gasteiger partial charge in [-0.25, -0.2) is 4.39 Å². The topological polar surface area (TPSA) is 38.7 Å². The molecule has 105 valence electrons. The van der Waals surface area contributed by atoms with Gasteiger partial charge >= 0.3 is 0 Å². The van der Waals surface area contributed by atoms with Gasteiger partial charge in [0.25, 0.3) is 0 Å². The van der Waals surface area contributed by atoms with Crippen molar-refractivity contribution in [3.05, 3.63) is 52.8 Å². The van der Waals surface area contributed by atoms with Crippen LogP contribution in [-0.4, -0.2) is 12.2 Å². The van der Waals surface area contributed by atoms with Crippen molar-refractivity contribution >= 4 is 11.6 Å². The Hall–Kier alpha value is -1.94. The first-order valence-corrected chi connectivity index (χ1v) is 6.29. The van der Waals surface area contributed by atoms with Crippen molar-refractivity contribution in [1.82, 2.24) is 0 Å². The molecular formula is C15H13ClFO3. The molecule has 0 spiro atoms. The fourth-order valence-electron chi connectivity index (χ4n) is 1.85. The summed E-state index contributed by atoms with van der Waals surface area (Å²) < 4.78 is 24.2. The van der Waals surface area contributed by atoms with Crippen LogP contribution in [0.5, 0.6) is 17.2 Å². The first-order valence-electron chi connectivity index (χ1n) is 5.91. The molecule has 1 unspecified atom stereocenters. The highest BCUT2D eigenvalue weighted by atomic mass is 35.5. The van der Waals surface area contributed by atoms with Crippen molar-refractivity contribution in [2.24, 2.45) is 0 Å². The van der Waals surface area contributed by atoms with Gasteiger partial charge in [-0.3, -0.25) is 0 Å². The maximum Gasteiger partial charge on any atom is 0.147 e. The van der Waals surface area contributed by atoms with E-state index in [0.717, 1.165) is 0 Å². The largest absolute Gasteiger partial charge is 0.508 e. The maximum absolute atomic E-state index is 13.4. The summed E-state index contributed by atoms with van der Waals surface area (Å²) in [7, 11) is 1.42. The number of methoxy groups -OCH3 is 1. The van der Waals surface area contributed by atoms with Gasteiger partial charge in [-0.15, -0.1) is 0 Å². The molecule has 0 aliphatic carbocycles. The van der Waals surface area contributed by atoms with E-state index in [4.69, 9.17) is 21.1 Å². The number of ether oxygens (including phenoxy) is 2. The number of phenolic OH excluding ortho intramolecular Hbond substituents is 1. The molecule has 1 N–H and O–H groups in total. The van der Waals surface area contributed by atoms with Crippen LogP contribution >= 0.6 is 11.6 Å². The molecule has 3 nitrogen and oxygen atoms in total. The van der Waals surface area contributed by atoms with Gasteiger partial charge in [0.1, 0.15) is 34.2 Å². The van der Waals surface area contributed by atoms with E-state index < -0.39 is 11.9 Å². The van der Waals surface area contributed by atoms with Crippen molar-refractivity contribution in [1.29, 1.82) is 0 Å². The third-order valence-corrected chi connectivity index (χ3v) is 3.13. The number of benzene rings is 2. The summed E-state index contributed by atoms with van der Waals surface area (Å²) in [5, 5.41) is 9.29. The number of phenols is 1. The van der Waals surface area contributed by atoms with E-state index in [1.807, 2.05) is 0 Å². The molecule has 1 atom stereocenters. The Morgan fingerprint density at radius 1 is 1.35 bits per heavy atom. The maximum atomic E-state index is 13.4. The highest BCUT2D eigenvalue weighted by Crippen LogP contribution is 2.36. The van der Waals surface area contributed by atoms with E-state index >= 15 is 0 Å². The van der Waals surface area contributed by atoms with Gasteiger partial charge < -0.3 is 14.6 Å². The first-order chi connectivity index (χ1) is 9.52. The van der Waals surface area contributed by atoms with Crippen molar-refractivity contribution in [2.45, 2.75) is 13.0 Å². The second-order valence-corrected chi connectivity index (χ2v) is 4.55. The Balaban J connectivity index is 2.29. The van der Waals surface area contributed by atoms with E-state index in [1.54, 1.807) is 19.1 Å². The molecule has 0 fully saturated rings. The Morgan fingerprint density at radius 2 is 2.10 bits per heavy atom. The molecule has 1 radical (unpaired) electrons. The molecule has 2 rings (SSSR count). The summed E-state index contributed by atoms with van der Waals surface area (Å²) in [5.41, 5.74) is 0.613. The van der Waals surface area contributed by atoms with Crippen molar-refractivity contribution in [3.63, 3.8) is 0 Å². The second-order valence-electron chi connectivity index (χ2n) is 4.17. The molecule has 0 aliphatic rings. The second kappa shape index (κ2) is 6.01. The zero-order chi connectivity index (χ0) is 14.7. The number of aromatic hydroxyl groups is 1. The van der Waals surface area contributed by atoms with Crippen molar-refractivity contribution in [2.75, 3.05) is 7.11 Å². The Bertz CT molecular complexity index is 616. The molecule has 0 bridgehead atoms. The molecule has 0 amide bonds. The quantitative estimate of drug-likeness (QED) is 0.921. The molecule has 0 heterocycles. The molecule has 20 heavy (non-hydrogen) atoms. The van der Waals surface area contributed by atoms with Crippen LogP contribution in [-0.2, 0) is 0 Å². The zero-order valence-corrected chi connectivity index (χ0v) is 11.7. The number of rotatable bonds is 4. The summed E-state index contributed by atoms with van der Waals surface area (Å²) >= 11 is 5.87. The fourth-order valence-corrected chi connectivity index (χ4v) is 2.10. The fraction of sp³-hybridized carbons (Fsp3) is 0.200. The molecule has 2 aromatic rings. The van der Waals surface area contributed by atoms with Crippen LogP contribution in [0.1, 0.15) is 18.6 Å². The third-order valence-electron chi connectivity index (χ3n) is 2.78. The molecule has 0 aromatic heterocycles. The van der Waals surface area contributed by atoms with Crippen LogP contribution in [0.15, 0.2) is 30.3 Å². The highest BCUT2D eigenvalue weighted by Gasteiger charge is 2.18. The Labute approximate surface area is 121 Å². The van der Waals surface area contributed by atoms with Crippen LogP contribution in [0.4, 0.5) is 4.39 Å². The highest BCUT2D eigenvalue weighted by molar-refractivity contribution is 6.32. The van der Waals surface area contributed by atoms with Gasteiger partial charge in [-0.05, 0) is 37.3 Å². The number of hydrogen-bond acceptors (Lipinski definition) is 3. The molecule has 0 saturated carbocycles. The zero-order valence-electron chi connectivity index (χ0n) is 11.0. The van der Waals surface area contributed by atoms with Gasteiger partial charge in [0, 0.05) is 11.6 Å². The lowest BCUT2D eigenvalue weighted by Crippen LogP contribution is -2.06. The molecule has 0 saturated heterocycles. The van der Waals surface area contributed by atoms with Gasteiger partial charge in [-0.2, -0.15) is 0 Å². The van der Waals surface area contributed by atoms with Crippen molar-refractivity contribution < 1.29 is 19.0 Å². The SMILES string of the molecule is COc1c(C(C)Oc2c[c]cc(O)c2)ccc(F)c1Cl. The molecule has 0 aliphatic heterocycles. The van der Waals surface area contributed by atoms with Crippen molar-refractivity contribution in [3.8, 4) is 17.2 Å². The Morgan fingerprint density at radius 3 is 2.75 bits per heavy atom. The third kappa shape index (κ3) is 2.96. The van der Waals surface area contributed by atoms with E-state index in [2.05, 4.69) is 6.07 Å². The van der Waals surface area contributed by atoms with Crippen LogP contribution < -0.4 is 9.47 Å². The monoisotopic (exact) mass is 295 g/mol. The van der Waals surface area contributed by atoms with E-state index in [0.29, 0.717) is 11.3 Å². The summed E-state index contributed by atoms with van der Waals surface area (Å²) in [4.78, 5) is 0. The van der Waals surface area contributed by atoms with Gasteiger partial charge in [0.15, 0.2) is 0 Å². The Kier molecular flexibility index (Phi) is 4.35. The van der Waals surface area contributed by atoms with Crippen LogP contribution in [0.3, 0.4) is 0 Å². The number of hydrogen-bond donors (Lipinski definition) is 1. The van der Waals surface area contributed by atoms with E-state index in [-0.39, 0.29) is 16.5 Å². The van der Waals surface area contributed by atoms with Gasteiger partial charge in [0.2, 0.25) is 0 Å². The van der Waals surface area contributed by atoms with Crippen LogP contribution in [0.2, 0.25) is 5.02 Å². The standard InChI is InChI=1S/C15H13ClFO3/c1-9(20-11-5-3-4-10(18)8-11)12-6-7-13(17)14(16)15(12)19-2/h4-9,18H,1-2H3. The summed E-state index contributed by atoms with van der Waals surface area (Å²) in [6, 6.07) is 10.0. The first kappa shape index (κ1) is 14.5. The minimum atomic E-state index is -0.551. The normalized spacial score (nSPS) is 12.0. The minimum absolute atomic E-state index is 0.0544. The lowest BCUT2D eigenvalue weighted by atomic mass is 10.1. The van der Waals surface area contributed by atoms with E-state index in [9.17, 15) is 9.50 Å². The van der Waals surface area contributed by atoms with Gasteiger partial charge in [-0.1, -0.05) is 11.6 Å². The lowest BCUT2D eigenvalue weighted by molar-refractivity contribution is 0.220. The van der Waals surface area contributed by atoms with Crippen LogP contribution in [0.25, 0.3) is 0 Å². The summed E-state index contributed by atoms with van der Waals surface area (Å²) in [6.45, 7) is 1.77. The molecule has 2 aromatic carbocycles. The summed E-state index contributed by atoms with van der Waals surface area (Å²) in [5.74, 6) is 0.187. The smallest absolute Gasteiger partial charge is 0.147 e. The molecular weight excluding hydrogens is 283 g/mol.